The van der Waals surface area contributed by atoms with Gasteiger partial charge in [-0.15, -0.1) is 0 Å². The van der Waals surface area contributed by atoms with Gasteiger partial charge in [-0.2, -0.15) is 5.26 Å². The van der Waals surface area contributed by atoms with Crippen molar-refractivity contribution in [1.82, 2.24) is 5.32 Å². The molecule has 28 heavy (non-hydrogen) atoms. The van der Waals surface area contributed by atoms with Crippen LogP contribution in [0, 0.1) is 18.3 Å². The molecule has 0 unspecified atom stereocenters. The van der Waals surface area contributed by atoms with Crippen molar-refractivity contribution in [2.45, 2.75) is 13.5 Å². The number of furan rings is 1. The normalized spacial score (nSPS) is 11.0. The number of nitrogens with one attached hydrogen (secondary N) is 1. The highest BCUT2D eigenvalue weighted by Gasteiger charge is 2.11. The van der Waals surface area contributed by atoms with Gasteiger partial charge in [0.1, 0.15) is 28.9 Å². The minimum Gasteiger partial charge on any atom is -0.497 e. The summed E-state index contributed by atoms with van der Waals surface area (Å²) < 4.78 is 10.9. The first-order valence-electron chi connectivity index (χ1n) is 8.79. The molecule has 0 saturated heterocycles. The van der Waals surface area contributed by atoms with E-state index in [9.17, 15) is 10.1 Å². The number of hydrogen-bond donors (Lipinski definition) is 1. The summed E-state index contributed by atoms with van der Waals surface area (Å²) in [6.07, 6.45) is 1.44. The molecule has 0 atom stereocenters. The molecule has 2 aromatic carbocycles. The largest absolute Gasteiger partial charge is 0.497 e. The number of carbonyl (C=O) groups excluding carboxylic acids is 1. The van der Waals surface area contributed by atoms with E-state index >= 15 is 0 Å². The molecule has 1 heterocycles. The van der Waals surface area contributed by atoms with Crippen LogP contribution in [0.25, 0.3) is 17.4 Å². The van der Waals surface area contributed by atoms with Gasteiger partial charge >= 0.3 is 0 Å². The van der Waals surface area contributed by atoms with Gasteiger partial charge in [-0.1, -0.05) is 35.9 Å². The van der Waals surface area contributed by atoms with E-state index in [1.807, 2.05) is 67.6 Å². The summed E-state index contributed by atoms with van der Waals surface area (Å²) in [6, 6.07) is 20.8. The van der Waals surface area contributed by atoms with Crippen LogP contribution in [0.5, 0.6) is 5.75 Å². The van der Waals surface area contributed by atoms with Crippen LogP contribution in [0.1, 0.15) is 16.9 Å². The third-order valence-electron chi connectivity index (χ3n) is 4.17. The van der Waals surface area contributed by atoms with Crippen molar-refractivity contribution < 1.29 is 13.9 Å². The molecule has 3 aromatic rings. The lowest BCUT2D eigenvalue weighted by Crippen LogP contribution is -2.23. The van der Waals surface area contributed by atoms with Gasteiger partial charge in [-0.25, -0.2) is 0 Å². The lowest BCUT2D eigenvalue weighted by atomic mass is 10.1. The molecule has 0 radical (unpaired) electrons. The van der Waals surface area contributed by atoms with Crippen LogP contribution in [0.3, 0.4) is 0 Å². The first kappa shape index (κ1) is 19.0. The zero-order chi connectivity index (χ0) is 19.9. The molecular weight excluding hydrogens is 352 g/mol. The van der Waals surface area contributed by atoms with Crippen molar-refractivity contribution in [1.29, 1.82) is 5.26 Å². The number of benzene rings is 2. The van der Waals surface area contributed by atoms with Crippen LogP contribution < -0.4 is 10.1 Å². The molecular formula is C23H20N2O3. The number of aryl methyl sites for hydroxylation is 1. The number of ether oxygens (including phenoxy) is 1. The minimum atomic E-state index is -0.459. The van der Waals surface area contributed by atoms with Crippen LogP contribution in [0.4, 0.5) is 0 Å². The number of rotatable bonds is 6. The third kappa shape index (κ3) is 4.68. The Labute approximate surface area is 163 Å². The Kier molecular flexibility index (Phi) is 5.93. The van der Waals surface area contributed by atoms with E-state index in [0.29, 0.717) is 23.8 Å². The maximum atomic E-state index is 12.4. The fourth-order valence-electron chi connectivity index (χ4n) is 2.73. The SMILES string of the molecule is COc1cccc(CNC(=O)/C(C#N)=C/c2ccc(-c3cccc(C)c3)o2)c1. The van der Waals surface area contributed by atoms with E-state index in [2.05, 4.69) is 5.32 Å². The Balaban J connectivity index is 1.71. The molecule has 1 N–H and O–H groups in total. The highest BCUT2D eigenvalue weighted by molar-refractivity contribution is 6.01. The number of carbonyl (C=O) groups is 1. The van der Waals surface area contributed by atoms with Crippen LogP contribution in [-0.4, -0.2) is 13.0 Å². The summed E-state index contributed by atoms with van der Waals surface area (Å²) in [5.74, 6) is 1.38. The third-order valence-corrected chi connectivity index (χ3v) is 4.17. The Bertz CT molecular complexity index is 1060. The van der Waals surface area contributed by atoms with Gasteiger partial charge in [0, 0.05) is 18.2 Å². The second-order valence-electron chi connectivity index (χ2n) is 6.28. The predicted molar refractivity (Wildman–Crippen MR) is 107 cm³/mol. The second-order valence-corrected chi connectivity index (χ2v) is 6.28. The number of amides is 1. The second kappa shape index (κ2) is 8.74. The van der Waals surface area contributed by atoms with Crippen molar-refractivity contribution in [2.75, 3.05) is 7.11 Å². The summed E-state index contributed by atoms with van der Waals surface area (Å²) in [7, 11) is 1.59. The highest BCUT2D eigenvalue weighted by Crippen LogP contribution is 2.24. The molecule has 0 saturated carbocycles. The standard InChI is InChI=1S/C23H20N2O3/c1-16-5-3-7-18(11-16)22-10-9-21(28-22)13-19(14-24)23(26)25-15-17-6-4-8-20(12-17)27-2/h3-13H,15H2,1-2H3,(H,25,26)/b19-13+. The van der Waals surface area contributed by atoms with Crippen LogP contribution in [0.15, 0.2) is 70.7 Å². The molecule has 1 amide bonds. The average molecular weight is 372 g/mol. The van der Waals surface area contributed by atoms with Crippen molar-refractivity contribution in [3.05, 3.63) is 83.1 Å². The van der Waals surface area contributed by atoms with Crippen molar-refractivity contribution >= 4 is 12.0 Å². The zero-order valence-electron chi connectivity index (χ0n) is 15.7. The summed E-state index contributed by atoms with van der Waals surface area (Å²) in [5.41, 5.74) is 2.93. The Morgan fingerprint density at radius 3 is 2.75 bits per heavy atom. The number of nitriles is 1. The molecule has 0 bridgehead atoms. The smallest absolute Gasteiger partial charge is 0.262 e. The van der Waals surface area contributed by atoms with Gasteiger partial charge in [0.15, 0.2) is 0 Å². The van der Waals surface area contributed by atoms with Crippen LogP contribution >= 0.6 is 0 Å². The Hall–Kier alpha value is -3.78. The summed E-state index contributed by atoms with van der Waals surface area (Å²) >= 11 is 0. The quantitative estimate of drug-likeness (QED) is 0.511. The van der Waals surface area contributed by atoms with E-state index < -0.39 is 5.91 Å². The van der Waals surface area contributed by atoms with Gasteiger partial charge in [0.25, 0.3) is 5.91 Å². The molecule has 0 aliphatic rings. The van der Waals surface area contributed by atoms with Gasteiger partial charge in [0.2, 0.25) is 0 Å². The van der Waals surface area contributed by atoms with Gasteiger partial charge in [-0.3, -0.25) is 4.79 Å². The van der Waals surface area contributed by atoms with Crippen molar-refractivity contribution in [3.63, 3.8) is 0 Å². The molecule has 0 aliphatic carbocycles. The zero-order valence-corrected chi connectivity index (χ0v) is 15.7. The van der Waals surface area contributed by atoms with E-state index in [-0.39, 0.29) is 5.57 Å². The fourth-order valence-corrected chi connectivity index (χ4v) is 2.73. The molecule has 3 rings (SSSR count). The first-order valence-corrected chi connectivity index (χ1v) is 8.79. The first-order chi connectivity index (χ1) is 13.6. The van der Waals surface area contributed by atoms with E-state index in [4.69, 9.17) is 9.15 Å². The lowest BCUT2D eigenvalue weighted by molar-refractivity contribution is -0.117. The molecule has 140 valence electrons. The molecule has 5 nitrogen and oxygen atoms in total. The van der Waals surface area contributed by atoms with E-state index in [1.54, 1.807) is 13.2 Å². The van der Waals surface area contributed by atoms with Gasteiger partial charge in [-0.05, 0) is 42.8 Å². The van der Waals surface area contributed by atoms with E-state index in [1.165, 1.54) is 6.08 Å². The molecule has 0 fully saturated rings. The Morgan fingerprint density at radius 1 is 1.18 bits per heavy atom. The topological polar surface area (TPSA) is 75.3 Å². The van der Waals surface area contributed by atoms with Crippen molar-refractivity contribution in [3.8, 4) is 23.1 Å². The summed E-state index contributed by atoms with van der Waals surface area (Å²) in [4.78, 5) is 12.4. The lowest BCUT2D eigenvalue weighted by Gasteiger charge is -2.06. The molecule has 1 aromatic heterocycles. The minimum absolute atomic E-state index is 0.0203. The predicted octanol–water partition coefficient (Wildman–Crippen LogP) is 4.49. The maximum Gasteiger partial charge on any atom is 0.262 e. The number of hydrogen-bond acceptors (Lipinski definition) is 4. The van der Waals surface area contributed by atoms with E-state index in [0.717, 1.165) is 16.7 Å². The summed E-state index contributed by atoms with van der Waals surface area (Å²) in [5, 5.41) is 12.1. The maximum absolute atomic E-state index is 12.4. The number of nitrogens with zero attached hydrogens (tertiary/aromatic N) is 1. The molecule has 0 spiro atoms. The van der Waals surface area contributed by atoms with Crippen LogP contribution in [-0.2, 0) is 11.3 Å². The number of methoxy groups -OCH3 is 1. The van der Waals surface area contributed by atoms with Gasteiger partial charge < -0.3 is 14.5 Å². The van der Waals surface area contributed by atoms with Crippen molar-refractivity contribution in [2.24, 2.45) is 0 Å². The van der Waals surface area contributed by atoms with Crippen LogP contribution in [0.2, 0.25) is 0 Å². The monoisotopic (exact) mass is 372 g/mol. The fraction of sp³-hybridized carbons (Fsp3) is 0.130. The molecule has 0 aliphatic heterocycles. The summed E-state index contributed by atoms with van der Waals surface area (Å²) in [6.45, 7) is 2.30. The molecule has 5 heteroatoms. The Morgan fingerprint density at radius 2 is 2.00 bits per heavy atom. The average Bonchev–Trinajstić information content (AvgIpc) is 3.19. The highest BCUT2D eigenvalue weighted by atomic mass is 16.5. The van der Waals surface area contributed by atoms with Gasteiger partial charge in [0.05, 0.1) is 7.11 Å².